The van der Waals surface area contributed by atoms with Gasteiger partial charge in [-0.3, -0.25) is 14.6 Å². The van der Waals surface area contributed by atoms with Crippen molar-refractivity contribution >= 4 is 64.7 Å². The van der Waals surface area contributed by atoms with Crippen LogP contribution in [0.5, 0.6) is 0 Å². The molecule has 1 fully saturated rings. The Balaban J connectivity index is 0.00000342. The van der Waals surface area contributed by atoms with Crippen molar-refractivity contribution in [1.29, 1.82) is 0 Å². The van der Waals surface area contributed by atoms with E-state index in [9.17, 15) is 21.6 Å². The van der Waals surface area contributed by atoms with Gasteiger partial charge in [0.15, 0.2) is 24.8 Å². The van der Waals surface area contributed by atoms with Crippen LogP contribution in [0.15, 0.2) is 52.3 Å². The molecule has 0 aliphatic carbocycles. The predicted octanol–water partition coefficient (Wildman–Crippen LogP) is 2.50. The fourth-order valence-electron chi connectivity index (χ4n) is 3.59. The molecule has 35 heavy (non-hydrogen) atoms. The number of hydrogen-bond acceptors (Lipinski definition) is 9. The van der Waals surface area contributed by atoms with Crippen LogP contribution >= 0.6 is 23.7 Å². The van der Waals surface area contributed by atoms with Crippen LogP contribution < -0.4 is 4.90 Å². The molecular formula is C22H26ClN3O6S3. The zero-order chi connectivity index (χ0) is 24.5. The van der Waals surface area contributed by atoms with E-state index in [0.717, 1.165) is 25.6 Å². The first-order chi connectivity index (χ1) is 16.0. The summed E-state index contributed by atoms with van der Waals surface area (Å²) in [5.74, 6) is -0.310. The van der Waals surface area contributed by atoms with E-state index in [1.165, 1.54) is 41.7 Å². The van der Waals surface area contributed by atoms with Crippen molar-refractivity contribution in [1.82, 2.24) is 9.88 Å². The second-order valence-electron chi connectivity index (χ2n) is 8.11. The lowest BCUT2D eigenvalue weighted by Crippen LogP contribution is -2.43. The van der Waals surface area contributed by atoms with Gasteiger partial charge in [-0.25, -0.2) is 21.8 Å². The molecule has 1 aliphatic rings. The van der Waals surface area contributed by atoms with Crippen molar-refractivity contribution in [2.75, 3.05) is 56.8 Å². The number of carbonyl (C=O) groups is 1. The summed E-state index contributed by atoms with van der Waals surface area (Å²) in [7, 11) is -6.75. The maximum absolute atomic E-state index is 13.5. The van der Waals surface area contributed by atoms with Crippen molar-refractivity contribution in [3.8, 4) is 0 Å². The lowest BCUT2D eigenvalue weighted by molar-refractivity contribution is 0.0391. The Hall–Kier alpha value is -2.09. The van der Waals surface area contributed by atoms with E-state index in [1.54, 1.807) is 17.0 Å². The highest BCUT2D eigenvalue weighted by molar-refractivity contribution is 7.91. The van der Waals surface area contributed by atoms with E-state index in [0.29, 0.717) is 47.2 Å². The number of thiazole rings is 1. The number of carbonyl (C=O) groups excluding carboxylic acids is 1. The van der Waals surface area contributed by atoms with E-state index in [1.807, 2.05) is 0 Å². The maximum atomic E-state index is 13.5. The molecule has 1 amide bonds. The van der Waals surface area contributed by atoms with Gasteiger partial charge in [-0.1, -0.05) is 11.3 Å². The quantitative estimate of drug-likeness (QED) is 0.434. The van der Waals surface area contributed by atoms with Crippen LogP contribution in [-0.2, 0) is 24.4 Å². The van der Waals surface area contributed by atoms with Gasteiger partial charge in [-0.2, -0.15) is 0 Å². The van der Waals surface area contributed by atoms with Gasteiger partial charge in [0.25, 0.3) is 5.91 Å². The van der Waals surface area contributed by atoms with Crippen LogP contribution in [0.4, 0.5) is 5.13 Å². The number of fused-ring (bicyclic) bond motifs is 1. The number of sulfone groups is 2. The van der Waals surface area contributed by atoms with Crippen molar-refractivity contribution < 1.29 is 26.4 Å². The number of benzene rings is 2. The Morgan fingerprint density at radius 3 is 2.20 bits per heavy atom. The first-order valence-electron chi connectivity index (χ1n) is 10.5. The molecule has 190 valence electrons. The summed E-state index contributed by atoms with van der Waals surface area (Å²) in [6.45, 7) is 3.78. The highest BCUT2D eigenvalue weighted by Gasteiger charge is 2.24. The lowest BCUT2D eigenvalue weighted by Gasteiger charge is -2.29. The van der Waals surface area contributed by atoms with Crippen LogP contribution in [0.3, 0.4) is 0 Å². The molecule has 0 atom stereocenters. The first kappa shape index (κ1) is 27.5. The van der Waals surface area contributed by atoms with Gasteiger partial charge >= 0.3 is 0 Å². The SMILES string of the molecule is CS(=O)(=O)c1ccc(C(=O)N(CCN2CCOCC2)c2nc3ccc(S(C)(=O)=O)cc3s2)cc1.Cl. The number of amides is 1. The molecule has 1 aliphatic heterocycles. The molecule has 3 aromatic rings. The smallest absolute Gasteiger partial charge is 0.260 e. The van der Waals surface area contributed by atoms with Crippen LogP contribution in [-0.4, -0.2) is 84.5 Å². The minimum absolute atomic E-state index is 0. The van der Waals surface area contributed by atoms with Gasteiger partial charge in [0.2, 0.25) is 0 Å². The summed E-state index contributed by atoms with van der Waals surface area (Å²) in [5.41, 5.74) is 0.939. The Labute approximate surface area is 215 Å². The average molecular weight is 560 g/mol. The fraction of sp³-hybridized carbons (Fsp3) is 0.364. The van der Waals surface area contributed by atoms with Gasteiger partial charge in [0.05, 0.1) is 33.2 Å². The first-order valence-corrected chi connectivity index (χ1v) is 15.1. The zero-order valence-corrected chi connectivity index (χ0v) is 22.5. The number of ether oxygens (including phenoxy) is 1. The molecule has 0 saturated carbocycles. The van der Waals surface area contributed by atoms with Gasteiger partial charge in [-0.15, -0.1) is 12.4 Å². The Morgan fingerprint density at radius 1 is 1.00 bits per heavy atom. The van der Waals surface area contributed by atoms with Gasteiger partial charge < -0.3 is 4.74 Å². The minimum atomic E-state index is -3.38. The van der Waals surface area contributed by atoms with Gasteiger partial charge in [0, 0.05) is 44.3 Å². The van der Waals surface area contributed by atoms with E-state index < -0.39 is 19.7 Å². The highest BCUT2D eigenvalue weighted by Crippen LogP contribution is 2.31. The molecule has 0 spiro atoms. The summed E-state index contributed by atoms with van der Waals surface area (Å²) >= 11 is 1.24. The van der Waals surface area contributed by atoms with Crippen molar-refractivity contribution in [3.63, 3.8) is 0 Å². The standard InChI is InChI=1S/C22H25N3O6S3.ClH/c1-33(27,28)17-5-3-16(4-6-17)21(26)25(10-9-24-11-13-31-14-12-24)22-23-19-8-7-18(34(2,29)30)15-20(19)32-22;/h3-8,15H,9-14H2,1-2H3;1H. The molecule has 13 heteroatoms. The third kappa shape index (κ3) is 6.57. The molecule has 0 N–H and O–H groups in total. The molecular weight excluding hydrogens is 534 g/mol. The summed E-state index contributed by atoms with van der Waals surface area (Å²) in [6.07, 6.45) is 2.26. The third-order valence-corrected chi connectivity index (χ3v) is 8.81. The van der Waals surface area contributed by atoms with Gasteiger partial charge in [0.1, 0.15) is 0 Å². The van der Waals surface area contributed by atoms with E-state index in [4.69, 9.17) is 4.74 Å². The molecule has 9 nitrogen and oxygen atoms in total. The fourth-order valence-corrected chi connectivity index (χ4v) is 5.97. The van der Waals surface area contributed by atoms with Crippen LogP contribution in [0.1, 0.15) is 10.4 Å². The molecule has 1 aromatic heterocycles. The molecule has 0 bridgehead atoms. The number of morpholine rings is 1. The number of hydrogen-bond donors (Lipinski definition) is 0. The van der Waals surface area contributed by atoms with E-state index in [2.05, 4.69) is 9.88 Å². The molecule has 1 saturated heterocycles. The molecule has 0 unspecified atom stereocenters. The van der Waals surface area contributed by atoms with Crippen LogP contribution in [0.25, 0.3) is 10.2 Å². The van der Waals surface area contributed by atoms with Gasteiger partial charge in [-0.05, 0) is 42.5 Å². The molecule has 2 aromatic carbocycles. The van der Waals surface area contributed by atoms with E-state index >= 15 is 0 Å². The van der Waals surface area contributed by atoms with Crippen molar-refractivity contribution in [2.45, 2.75) is 9.79 Å². The summed E-state index contributed by atoms with van der Waals surface area (Å²) in [6, 6.07) is 10.5. The maximum Gasteiger partial charge on any atom is 0.260 e. The Morgan fingerprint density at radius 2 is 1.60 bits per heavy atom. The molecule has 0 radical (unpaired) electrons. The Kier molecular flexibility index (Phi) is 8.56. The average Bonchev–Trinajstić information content (AvgIpc) is 3.22. The largest absolute Gasteiger partial charge is 0.379 e. The van der Waals surface area contributed by atoms with Crippen LogP contribution in [0, 0.1) is 0 Å². The summed E-state index contributed by atoms with van der Waals surface area (Å²) < 4.78 is 53.5. The molecule has 4 rings (SSSR count). The summed E-state index contributed by atoms with van der Waals surface area (Å²) in [5, 5.41) is 0.450. The van der Waals surface area contributed by atoms with Crippen molar-refractivity contribution in [2.24, 2.45) is 0 Å². The number of anilines is 1. The topological polar surface area (TPSA) is 114 Å². The lowest BCUT2D eigenvalue weighted by atomic mass is 10.2. The number of rotatable bonds is 7. The normalized spacial score (nSPS) is 15.0. The van der Waals surface area contributed by atoms with E-state index in [-0.39, 0.29) is 28.1 Å². The van der Waals surface area contributed by atoms with Crippen molar-refractivity contribution in [3.05, 3.63) is 48.0 Å². The number of aromatic nitrogens is 1. The number of nitrogens with zero attached hydrogens (tertiary/aromatic N) is 3. The zero-order valence-electron chi connectivity index (χ0n) is 19.2. The minimum Gasteiger partial charge on any atom is -0.379 e. The third-order valence-electron chi connectivity index (χ3n) is 5.53. The second kappa shape index (κ2) is 10.9. The molecule has 2 heterocycles. The highest BCUT2D eigenvalue weighted by atomic mass is 35.5. The summed E-state index contributed by atoms with van der Waals surface area (Å²) in [4.78, 5) is 22.2. The second-order valence-corrected chi connectivity index (χ2v) is 13.1. The van der Waals surface area contributed by atoms with Crippen LogP contribution in [0.2, 0.25) is 0 Å². The number of halogens is 1. The monoisotopic (exact) mass is 559 g/mol. The predicted molar refractivity (Wildman–Crippen MR) is 138 cm³/mol. The Bertz CT molecular complexity index is 1420.